The van der Waals surface area contributed by atoms with E-state index in [9.17, 15) is 89.4 Å². The van der Waals surface area contributed by atoms with Crippen LogP contribution in [0.2, 0.25) is 0 Å². The number of ether oxygens (including phenoxy) is 4. The average molecular weight is 1780 g/mol. The number of amides is 4. The molecular formula is C74H66Br2F16N12O8S2. The highest BCUT2D eigenvalue weighted by Crippen LogP contribution is 2.52. The number of alkyl halides is 16. The maximum Gasteiger partial charge on any atom is 0.573 e. The molecule has 0 saturated carbocycles. The monoisotopic (exact) mass is 1780 g/mol. The van der Waals surface area contributed by atoms with Crippen LogP contribution in [-0.2, 0) is 53.7 Å². The Morgan fingerprint density at radius 3 is 0.877 bits per heavy atom. The summed E-state index contributed by atoms with van der Waals surface area (Å²) in [5, 5.41) is 3.70. The number of hydrogen-bond acceptors (Lipinski definition) is 18. The smallest absolute Gasteiger partial charge is 0.435 e. The van der Waals surface area contributed by atoms with Crippen LogP contribution in [0.5, 0.6) is 23.0 Å². The van der Waals surface area contributed by atoms with E-state index in [2.05, 4.69) is 70.8 Å². The summed E-state index contributed by atoms with van der Waals surface area (Å²) in [6.07, 6.45) is -18.7. The summed E-state index contributed by atoms with van der Waals surface area (Å²) in [6.45, 7) is 0.601. The molecule has 0 saturated heterocycles. The predicted molar refractivity (Wildman–Crippen MR) is 397 cm³/mol. The number of benzene rings is 6. The van der Waals surface area contributed by atoms with Gasteiger partial charge in [-0.3, -0.25) is 38.8 Å². The molecule has 8 N–H and O–H groups in total. The van der Waals surface area contributed by atoms with Crippen molar-refractivity contribution in [3.63, 3.8) is 0 Å². The number of likely N-dealkylation sites (N-methyl/N-ethyl adjacent to an activating group) is 4. The topological polar surface area (TPSA) is 272 Å². The Bertz CT molecular complexity index is 4670. The van der Waals surface area contributed by atoms with Crippen LogP contribution >= 0.6 is 54.5 Å². The van der Waals surface area contributed by atoms with Crippen molar-refractivity contribution in [2.75, 3.05) is 28.2 Å². The van der Waals surface area contributed by atoms with Gasteiger partial charge in [0.1, 0.15) is 45.2 Å². The lowest BCUT2D eigenvalue weighted by atomic mass is 9.74. The van der Waals surface area contributed by atoms with Crippen molar-refractivity contribution in [3.8, 4) is 23.0 Å². The normalized spacial score (nSPS) is 22.8. The molecule has 6 aromatic carbocycles. The minimum absolute atomic E-state index is 0.0703. The molecule has 40 heteroatoms. The standard InChI is InChI=1S/2C20H18F5N3O3.2C17H15BrF3N3OS/c2*1-19(12-4-3-5-14(10-12)31-20(23,24)25)15(16(29)28(2)18(26)27-19)11-6-8-13(9-7-11)30-17(21)22;2*1-16(13-11(18)7-8-26-13)12(14(25)24(2)15(22)23-16)9-3-5-10(6-4-9)17(19,20)21/h2*3-10,15,17H,1-2H3,(H2,26,27);2*3-8,12H,1-2H3,(H2,22,23)/t15-,19+;15-,19-;12-,16+;12-,16-/m0110/s1. The summed E-state index contributed by atoms with van der Waals surface area (Å²) >= 11 is 9.72. The molecule has 8 atom stereocenters. The lowest BCUT2D eigenvalue weighted by molar-refractivity contribution is -0.275. The van der Waals surface area contributed by atoms with Crippen molar-refractivity contribution in [2.45, 2.75) is 112 Å². The Morgan fingerprint density at radius 2 is 0.640 bits per heavy atom. The number of thiophene rings is 2. The first kappa shape index (κ1) is 87.5. The molecule has 0 spiro atoms. The van der Waals surface area contributed by atoms with E-state index in [-0.39, 0.29) is 58.3 Å². The first-order chi connectivity index (χ1) is 52.9. The van der Waals surface area contributed by atoms with Gasteiger partial charge in [-0.25, -0.2) is 20.0 Å². The minimum Gasteiger partial charge on any atom is -0.435 e. The van der Waals surface area contributed by atoms with Crippen LogP contribution < -0.4 is 41.9 Å². The fraction of sp³-hybridized carbons (Fsp3) is 0.297. The van der Waals surface area contributed by atoms with E-state index in [0.29, 0.717) is 22.3 Å². The third-order valence-electron chi connectivity index (χ3n) is 18.8. The Kier molecular flexibility index (Phi) is 25.7. The summed E-state index contributed by atoms with van der Waals surface area (Å²) < 4.78 is 221. The highest BCUT2D eigenvalue weighted by molar-refractivity contribution is 9.11. The van der Waals surface area contributed by atoms with Crippen molar-refractivity contribution in [1.82, 2.24) is 19.6 Å². The molecule has 4 aliphatic rings. The molecule has 2 aromatic heterocycles. The average Bonchev–Trinajstić information content (AvgIpc) is 1.19. The third-order valence-corrected chi connectivity index (χ3v) is 22.9. The Hall–Kier alpha value is -10.5. The van der Waals surface area contributed by atoms with E-state index < -0.39 is 119 Å². The Balaban J connectivity index is 0.000000175. The van der Waals surface area contributed by atoms with E-state index in [4.69, 9.17) is 22.9 Å². The van der Waals surface area contributed by atoms with Crippen molar-refractivity contribution in [3.05, 3.63) is 232 Å². The summed E-state index contributed by atoms with van der Waals surface area (Å²) in [6, 6.07) is 33.8. The number of nitrogens with zero attached hydrogens (tertiary/aromatic N) is 8. The van der Waals surface area contributed by atoms with E-state index in [1.54, 1.807) is 27.7 Å². The maximum atomic E-state index is 13.1. The minimum atomic E-state index is -4.90. The Morgan fingerprint density at radius 1 is 0.386 bits per heavy atom. The quantitative estimate of drug-likeness (QED) is 0.0740. The summed E-state index contributed by atoms with van der Waals surface area (Å²) in [5.41, 5.74) is 19.4. The zero-order valence-corrected chi connectivity index (χ0v) is 65.2. The predicted octanol–water partition coefficient (Wildman–Crippen LogP) is 16.6. The fourth-order valence-electron chi connectivity index (χ4n) is 13.1. The second-order valence-corrected chi connectivity index (χ2v) is 29.8. The lowest BCUT2D eigenvalue weighted by Crippen LogP contribution is -2.52. The zero-order valence-electron chi connectivity index (χ0n) is 60.4. The molecule has 4 amide bonds. The van der Waals surface area contributed by atoms with Crippen LogP contribution in [0, 0.1) is 0 Å². The largest absolute Gasteiger partial charge is 0.573 e. The van der Waals surface area contributed by atoms with Crippen molar-refractivity contribution in [2.24, 2.45) is 42.9 Å². The van der Waals surface area contributed by atoms with Gasteiger partial charge in [-0.1, -0.05) is 72.8 Å². The van der Waals surface area contributed by atoms with E-state index in [1.165, 1.54) is 158 Å². The number of carbonyl (C=O) groups excluding carboxylic acids is 4. The van der Waals surface area contributed by atoms with Crippen LogP contribution in [0.3, 0.4) is 0 Å². The van der Waals surface area contributed by atoms with Crippen LogP contribution in [0.25, 0.3) is 0 Å². The number of aliphatic imine (C=N–C) groups is 4. The van der Waals surface area contributed by atoms with E-state index in [0.717, 1.165) is 77.0 Å². The highest BCUT2D eigenvalue weighted by atomic mass is 79.9. The van der Waals surface area contributed by atoms with Crippen molar-refractivity contribution in [1.29, 1.82) is 0 Å². The van der Waals surface area contributed by atoms with Gasteiger partial charge in [0.2, 0.25) is 23.6 Å². The van der Waals surface area contributed by atoms with Crippen LogP contribution in [0.4, 0.5) is 70.2 Å². The van der Waals surface area contributed by atoms with Gasteiger partial charge in [0, 0.05) is 46.9 Å². The van der Waals surface area contributed by atoms with Crippen LogP contribution in [0.1, 0.15) is 106 Å². The van der Waals surface area contributed by atoms with Gasteiger partial charge in [0.05, 0.1) is 34.8 Å². The molecule has 4 aliphatic heterocycles. The second-order valence-electron chi connectivity index (χ2n) is 26.3. The SMILES string of the molecule is CN1C(=O)[C@@H](c2ccc(C(F)(F)F)cc2)[C@@](C)(c2sccc2Br)N=C1N.CN1C(=O)[C@@H](c2ccc(OC(F)F)cc2)[C@@](C)(c2cccc(OC(F)(F)F)c2)N=C1N.CN1C(=O)[C@H](c2ccc(C(F)(F)F)cc2)[C@@](C)(c2sccc2Br)N=C1N.CN1C(=O)[C@H](c2ccc(OC(F)F)cc2)[C@@](C)(c2cccc(OC(F)(F)F)c2)N=C1N. The van der Waals surface area contributed by atoms with Gasteiger partial charge >= 0.3 is 38.3 Å². The van der Waals surface area contributed by atoms with Crippen molar-refractivity contribution >= 4 is 102 Å². The van der Waals surface area contributed by atoms with Crippen LogP contribution in [0.15, 0.2) is 197 Å². The van der Waals surface area contributed by atoms with Gasteiger partial charge in [-0.15, -0.1) is 49.0 Å². The molecule has 0 radical (unpaired) electrons. The summed E-state index contributed by atoms with van der Waals surface area (Å²) in [7, 11) is 5.82. The van der Waals surface area contributed by atoms with Gasteiger partial charge in [-0.2, -0.15) is 43.9 Å². The number of nitrogens with two attached hydrogens (primary N) is 4. The van der Waals surface area contributed by atoms with Crippen molar-refractivity contribution < 1.29 is 108 Å². The zero-order chi connectivity index (χ0) is 84.5. The molecule has 8 aromatic rings. The van der Waals surface area contributed by atoms with Gasteiger partial charge < -0.3 is 41.9 Å². The summed E-state index contributed by atoms with van der Waals surface area (Å²) in [5.74, 6) is -6.47. The number of carbonyl (C=O) groups is 4. The fourth-order valence-corrected chi connectivity index (χ4v) is 17.0. The van der Waals surface area contributed by atoms with Gasteiger partial charge in [-0.05, 0) is 189 Å². The number of guanidine groups is 4. The number of halogens is 18. The molecule has 20 nitrogen and oxygen atoms in total. The first-order valence-electron chi connectivity index (χ1n) is 33.1. The first-order valence-corrected chi connectivity index (χ1v) is 36.4. The molecule has 0 aliphatic carbocycles. The number of rotatable bonds is 14. The molecule has 12 rings (SSSR count). The van der Waals surface area contributed by atoms with Gasteiger partial charge in [0.15, 0.2) is 23.8 Å². The third kappa shape index (κ3) is 19.1. The van der Waals surface area contributed by atoms with E-state index in [1.807, 2.05) is 22.9 Å². The number of hydrogen-bond donors (Lipinski definition) is 4. The molecule has 0 unspecified atom stereocenters. The molecule has 608 valence electrons. The highest BCUT2D eigenvalue weighted by Gasteiger charge is 2.53. The van der Waals surface area contributed by atoms with E-state index >= 15 is 0 Å². The molecule has 114 heavy (non-hydrogen) atoms. The second kappa shape index (κ2) is 33.5. The maximum absolute atomic E-state index is 13.1. The molecule has 6 heterocycles. The summed E-state index contributed by atoms with van der Waals surface area (Å²) in [4.78, 5) is 76.3. The Labute approximate surface area is 664 Å². The molecular weight excluding hydrogens is 1710 g/mol. The molecule has 0 bridgehead atoms. The lowest BCUT2D eigenvalue weighted by Gasteiger charge is -2.41. The van der Waals surface area contributed by atoms with Crippen LogP contribution in [-0.4, -0.2) is 121 Å². The molecule has 0 fully saturated rings. The van der Waals surface area contributed by atoms with Gasteiger partial charge in [0.25, 0.3) is 0 Å².